The molecule has 0 saturated heterocycles. The number of aromatic nitrogens is 1. The number of aryl methyl sites for hydroxylation is 1. The Labute approximate surface area is 155 Å². The molecule has 2 aromatic rings. The highest BCUT2D eigenvalue weighted by Gasteiger charge is 2.52. The van der Waals surface area contributed by atoms with Gasteiger partial charge in [0.1, 0.15) is 0 Å². The number of allylic oxidation sites excluding steroid dienone is 3. The molecule has 0 amide bonds. The Balaban J connectivity index is 1.75. The number of halogens is 2. The maximum absolute atomic E-state index is 15.4. The van der Waals surface area contributed by atoms with Gasteiger partial charge in [0.15, 0.2) is 11.4 Å². The minimum absolute atomic E-state index is 0.0618. The summed E-state index contributed by atoms with van der Waals surface area (Å²) in [6, 6.07) is 12.7. The lowest BCUT2D eigenvalue weighted by molar-refractivity contribution is -0.360. The molecule has 0 atom stereocenters. The molecule has 3 heterocycles. The van der Waals surface area contributed by atoms with Gasteiger partial charge in [-0.05, 0) is 35.9 Å². The second kappa shape index (κ2) is 6.50. The number of nitrogens with zero attached hydrogens (tertiary/aromatic N) is 2. The van der Waals surface area contributed by atoms with Crippen molar-refractivity contribution >= 4 is 30.8 Å². The molecule has 0 unspecified atom stereocenters. The summed E-state index contributed by atoms with van der Waals surface area (Å²) >= 11 is 0. The van der Waals surface area contributed by atoms with Gasteiger partial charge in [-0.1, -0.05) is 30.3 Å². The maximum atomic E-state index is 15.4. The van der Waals surface area contributed by atoms with Crippen molar-refractivity contribution in [2.75, 3.05) is 0 Å². The Bertz CT molecular complexity index is 1030. The summed E-state index contributed by atoms with van der Waals surface area (Å²) in [5, 5.41) is 8.88. The molecule has 0 bridgehead atoms. The Morgan fingerprint density at radius 1 is 1.11 bits per heavy atom. The van der Waals surface area contributed by atoms with Crippen molar-refractivity contribution in [3.63, 3.8) is 0 Å². The number of fused-ring (bicyclic) bond motifs is 2. The summed E-state index contributed by atoms with van der Waals surface area (Å²) in [5.41, 5.74) is 2.48. The van der Waals surface area contributed by atoms with E-state index in [1.54, 1.807) is 42.5 Å². The predicted molar refractivity (Wildman–Crippen MR) is 102 cm³/mol. The molecule has 136 valence electrons. The molecule has 0 spiro atoms. The van der Waals surface area contributed by atoms with Crippen molar-refractivity contribution in [2.45, 2.75) is 12.8 Å². The van der Waals surface area contributed by atoms with Gasteiger partial charge < -0.3 is 22.7 Å². The zero-order chi connectivity index (χ0) is 19.0. The van der Waals surface area contributed by atoms with E-state index < -0.39 is 12.9 Å². The van der Waals surface area contributed by atoms with Crippen LogP contribution in [0.2, 0.25) is 0 Å². The van der Waals surface area contributed by atoms with Crippen LogP contribution in [0.3, 0.4) is 0 Å². The van der Waals surface area contributed by atoms with E-state index >= 15 is 8.63 Å². The van der Waals surface area contributed by atoms with Gasteiger partial charge in [0.25, 0.3) is 0 Å². The minimum Gasteiger partial charge on any atom is -0.481 e. The van der Waals surface area contributed by atoms with Crippen LogP contribution in [0.5, 0.6) is 0 Å². The predicted octanol–water partition coefficient (Wildman–Crippen LogP) is 3.82. The summed E-state index contributed by atoms with van der Waals surface area (Å²) in [7, 11) is 0. The molecule has 1 N–H and O–H groups in total. The number of hydrogen-bond donors (Lipinski definition) is 1. The van der Waals surface area contributed by atoms with Crippen LogP contribution in [0, 0.1) is 0 Å². The van der Waals surface area contributed by atoms with Gasteiger partial charge in [0.2, 0.25) is 0 Å². The highest BCUT2D eigenvalue weighted by Crippen LogP contribution is 2.33. The third kappa shape index (κ3) is 3.05. The maximum Gasteiger partial charge on any atom is 0.737 e. The van der Waals surface area contributed by atoms with E-state index in [-0.39, 0.29) is 12.8 Å². The molecule has 0 radical (unpaired) electrons. The Morgan fingerprint density at radius 2 is 1.89 bits per heavy atom. The zero-order valence-corrected chi connectivity index (χ0v) is 14.4. The molecular weight excluding hydrogens is 349 g/mol. The normalized spacial score (nSPS) is 17.2. The lowest BCUT2D eigenvalue weighted by Crippen LogP contribution is -2.50. The van der Waals surface area contributed by atoms with Gasteiger partial charge in [-0.2, -0.15) is 0 Å². The first-order chi connectivity index (χ1) is 13.0. The topological polar surface area (TPSA) is 45.2 Å². The number of hydrogen-bond acceptors (Lipinski definition) is 1. The summed E-state index contributed by atoms with van der Waals surface area (Å²) in [4.78, 5) is 10.8. The van der Waals surface area contributed by atoms with Gasteiger partial charge in [-0.15, -0.1) is 0 Å². The zero-order valence-electron chi connectivity index (χ0n) is 14.4. The standard InChI is InChI=1S/C20H17BF2N2O2/c22-21(23)24-16(7-6-15-4-2-1-3-5-15)8-10-18(24)14-19-11-9-17(25(19)21)12-13-20(26)27/h1-11,14H,12-13H2,(H,26,27)/b7-6+. The van der Waals surface area contributed by atoms with Crippen LogP contribution in [0.25, 0.3) is 12.2 Å². The molecule has 1 aromatic carbocycles. The third-order valence-electron chi connectivity index (χ3n) is 4.77. The van der Waals surface area contributed by atoms with Gasteiger partial charge in [-0.3, -0.25) is 4.79 Å². The number of aliphatic carboxylic acids is 1. The van der Waals surface area contributed by atoms with Crippen LogP contribution in [0.1, 0.15) is 23.4 Å². The van der Waals surface area contributed by atoms with Crippen LogP contribution in [-0.4, -0.2) is 32.7 Å². The molecule has 4 rings (SSSR count). The van der Waals surface area contributed by atoms with E-state index in [9.17, 15) is 4.79 Å². The Kier molecular flexibility index (Phi) is 4.14. The first-order valence-corrected chi connectivity index (χ1v) is 8.70. The number of rotatable bonds is 5. The first-order valence-electron chi connectivity index (χ1n) is 8.70. The van der Waals surface area contributed by atoms with Crippen molar-refractivity contribution < 1.29 is 23.0 Å². The Hall–Kier alpha value is -3.22. The molecule has 2 aliphatic heterocycles. The molecule has 2 aliphatic rings. The molecule has 0 aliphatic carbocycles. The van der Waals surface area contributed by atoms with Crippen LogP contribution in [0.15, 0.2) is 66.4 Å². The lowest BCUT2D eigenvalue weighted by atomic mass is 9.90. The minimum atomic E-state index is -4.11. The third-order valence-corrected chi connectivity index (χ3v) is 4.77. The molecule has 4 nitrogen and oxygen atoms in total. The van der Waals surface area contributed by atoms with E-state index in [2.05, 4.69) is 0 Å². The molecule has 7 heteroatoms. The monoisotopic (exact) mass is 366 g/mol. The summed E-state index contributed by atoms with van der Waals surface area (Å²) in [6.45, 7) is -4.11. The van der Waals surface area contributed by atoms with Crippen LogP contribution >= 0.6 is 0 Å². The number of carboxylic acids is 1. The van der Waals surface area contributed by atoms with Crippen molar-refractivity contribution in [1.82, 2.24) is 4.48 Å². The van der Waals surface area contributed by atoms with Gasteiger partial charge >= 0.3 is 12.9 Å². The van der Waals surface area contributed by atoms with E-state index in [1.807, 2.05) is 30.3 Å². The summed E-state index contributed by atoms with van der Waals surface area (Å²) in [5.74, 6) is -1.01. The van der Waals surface area contributed by atoms with E-state index in [0.717, 1.165) is 14.5 Å². The largest absolute Gasteiger partial charge is 0.737 e. The molecule has 27 heavy (non-hydrogen) atoms. The van der Waals surface area contributed by atoms with Crippen molar-refractivity contribution in [2.24, 2.45) is 0 Å². The quantitative estimate of drug-likeness (QED) is 0.818. The van der Waals surface area contributed by atoms with Gasteiger partial charge in [0.05, 0.1) is 6.42 Å². The van der Waals surface area contributed by atoms with Crippen LogP contribution < -0.4 is 0 Å². The smallest absolute Gasteiger partial charge is 0.481 e. The fourth-order valence-corrected chi connectivity index (χ4v) is 3.55. The van der Waals surface area contributed by atoms with E-state index in [1.165, 1.54) is 0 Å². The van der Waals surface area contributed by atoms with E-state index in [4.69, 9.17) is 5.11 Å². The molecule has 0 fully saturated rings. The number of carboxylic acid groups (broad SMARTS) is 1. The number of benzene rings is 1. The fraction of sp³-hybridized carbons (Fsp3) is 0.100. The van der Waals surface area contributed by atoms with Crippen LogP contribution in [0.4, 0.5) is 8.63 Å². The highest BCUT2D eigenvalue weighted by atomic mass is 19.2. The van der Waals surface area contributed by atoms with E-state index in [0.29, 0.717) is 22.8 Å². The summed E-state index contributed by atoms with van der Waals surface area (Å²) < 4.78 is 32.9. The lowest BCUT2D eigenvalue weighted by Gasteiger charge is -2.30. The summed E-state index contributed by atoms with van der Waals surface area (Å²) in [6.07, 6.45) is 8.39. The van der Waals surface area contributed by atoms with Crippen molar-refractivity contribution in [3.05, 3.63) is 83.3 Å². The highest BCUT2D eigenvalue weighted by molar-refractivity contribution is 6.58. The second-order valence-corrected chi connectivity index (χ2v) is 6.54. The first kappa shape index (κ1) is 17.2. The van der Waals surface area contributed by atoms with Crippen molar-refractivity contribution in [1.29, 1.82) is 0 Å². The average Bonchev–Trinajstić information content (AvgIpc) is 3.24. The SMILES string of the molecule is O=C(O)CCc1ccc2n1[B-](F)(F)[N+]1=C(/C=C/c3ccccc3)C=CC1=C2. The molecular formula is C20H17BF2N2O2. The van der Waals surface area contributed by atoms with Crippen LogP contribution in [-0.2, 0) is 11.2 Å². The van der Waals surface area contributed by atoms with Crippen molar-refractivity contribution in [3.8, 4) is 0 Å². The Morgan fingerprint density at radius 3 is 2.63 bits per heavy atom. The van der Waals surface area contributed by atoms with Gasteiger partial charge in [-0.25, -0.2) is 0 Å². The second-order valence-electron chi connectivity index (χ2n) is 6.54. The van der Waals surface area contributed by atoms with Gasteiger partial charge in [0, 0.05) is 30.0 Å². The number of carbonyl (C=O) groups is 1. The fourth-order valence-electron chi connectivity index (χ4n) is 3.55. The molecule has 1 aromatic heterocycles. The molecule has 0 saturated carbocycles. The average molecular weight is 366 g/mol.